The minimum atomic E-state index is -0.884. The lowest BCUT2D eigenvalue weighted by Gasteiger charge is -2.10. The molecule has 0 spiro atoms. The maximum absolute atomic E-state index is 11.8. The summed E-state index contributed by atoms with van der Waals surface area (Å²) in [5.41, 5.74) is 0.623. The molecule has 94 valence electrons. The summed E-state index contributed by atoms with van der Waals surface area (Å²) in [4.78, 5) is 26.8. The fourth-order valence-corrected chi connectivity index (χ4v) is 2.90. The molecule has 1 aliphatic heterocycles. The average molecular weight is 277 g/mol. The SMILES string of the molecule is CCc1cc(=O)n2c(n1)SCC2CC(=O)O.Cl. The number of aliphatic carboxylic acids is 1. The van der Waals surface area contributed by atoms with Gasteiger partial charge in [0.15, 0.2) is 5.16 Å². The Morgan fingerprint density at radius 3 is 3.00 bits per heavy atom. The van der Waals surface area contributed by atoms with Crippen molar-refractivity contribution < 1.29 is 9.90 Å². The van der Waals surface area contributed by atoms with E-state index in [0.29, 0.717) is 17.3 Å². The molecule has 0 aromatic carbocycles. The van der Waals surface area contributed by atoms with E-state index in [1.807, 2.05) is 6.92 Å². The largest absolute Gasteiger partial charge is 0.481 e. The van der Waals surface area contributed by atoms with E-state index in [-0.39, 0.29) is 30.4 Å². The van der Waals surface area contributed by atoms with E-state index in [2.05, 4.69) is 4.98 Å². The van der Waals surface area contributed by atoms with Crippen molar-refractivity contribution in [3.05, 3.63) is 22.1 Å². The molecule has 2 heterocycles. The van der Waals surface area contributed by atoms with Gasteiger partial charge in [0, 0.05) is 17.5 Å². The third-order valence-electron chi connectivity index (χ3n) is 2.52. The van der Waals surface area contributed by atoms with Crippen molar-refractivity contribution in [3.63, 3.8) is 0 Å². The number of thioether (sulfide) groups is 1. The van der Waals surface area contributed by atoms with Crippen LogP contribution in [0.4, 0.5) is 0 Å². The second-order valence-corrected chi connectivity index (χ2v) is 4.64. The number of hydrogen-bond donors (Lipinski definition) is 1. The number of rotatable bonds is 3. The van der Waals surface area contributed by atoms with E-state index in [0.717, 1.165) is 5.69 Å². The number of nitrogens with zero attached hydrogens (tertiary/aromatic N) is 2. The molecule has 0 bridgehead atoms. The first-order valence-corrected chi connectivity index (χ1v) is 6.07. The number of aromatic nitrogens is 2. The quantitative estimate of drug-likeness (QED) is 0.844. The molecule has 17 heavy (non-hydrogen) atoms. The van der Waals surface area contributed by atoms with Gasteiger partial charge in [-0.3, -0.25) is 14.2 Å². The van der Waals surface area contributed by atoms with Gasteiger partial charge in [0.1, 0.15) is 0 Å². The van der Waals surface area contributed by atoms with E-state index in [4.69, 9.17) is 5.11 Å². The molecule has 7 heteroatoms. The van der Waals surface area contributed by atoms with Crippen LogP contribution in [-0.4, -0.2) is 26.4 Å². The van der Waals surface area contributed by atoms with Gasteiger partial charge >= 0.3 is 5.97 Å². The summed E-state index contributed by atoms with van der Waals surface area (Å²) in [6.45, 7) is 1.94. The summed E-state index contributed by atoms with van der Waals surface area (Å²) in [6, 6.07) is 1.23. The van der Waals surface area contributed by atoms with E-state index in [1.54, 1.807) is 0 Å². The molecule has 1 unspecified atom stereocenters. The molecule has 0 amide bonds. The first-order chi connectivity index (χ1) is 7.61. The van der Waals surface area contributed by atoms with Crippen LogP contribution < -0.4 is 5.56 Å². The highest BCUT2D eigenvalue weighted by Crippen LogP contribution is 2.31. The molecule has 0 saturated heterocycles. The van der Waals surface area contributed by atoms with Crippen molar-refractivity contribution in [1.82, 2.24) is 9.55 Å². The molecule has 0 radical (unpaired) electrons. The van der Waals surface area contributed by atoms with Crippen LogP contribution in [-0.2, 0) is 11.2 Å². The first kappa shape index (κ1) is 14.1. The molecule has 0 fully saturated rings. The second kappa shape index (κ2) is 5.55. The van der Waals surface area contributed by atoms with Gasteiger partial charge in [0.05, 0.1) is 12.5 Å². The molecular formula is C10H13ClN2O3S. The Balaban J connectivity index is 0.00000144. The smallest absolute Gasteiger partial charge is 0.305 e. The van der Waals surface area contributed by atoms with E-state index in [1.165, 1.54) is 22.4 Å². The Morgan fingerprint density at radius 1 is 1.71 bits per heavy atom. The van der Waals surface area contributed by atoms with Gasteiger partial charge in [-0.25, -0.2) is 4.98 Å². The van der Waals surface area contributed by atoms with Crippen LogP contribution in [0.25, 0.3) is 0 Å². The second-order valence-electron chi connectivity index (χ2n) is 3.65. The molecular weight excluding hydrogens is 264 g/mol. The minimum absolute atomic E-state index is 0. The zero-order valence-electron chi connectivity index (χ0n) is 9.25. The van der Waals surface area contributed by atoms with Gasteiger partial charge in [-0.05, 0) is 6.42 Å². The Bertz CT molecular complexity index is 489. The van der Waals surface area contributed by atoms with Gasteiger partial charge in [0.2, 0.25) is 0 Å². The van der Waals surface area contributed by atoms with Crippen LogP contribution in [0.2, 0.25) is 0 Å². The van der Waals surface area contributed by atoms with Crippen LogP contribution in [0.1, 0.15) is 25.1 Å². The van der Waals surface area contributed by atoms with Gasteiger partial charge in [0.25, 0.3) is 5.56 Å². The summed E-state index contributed by atoms with van der Waals surface area (Å²) in [5, 5.41) is 9.39. The number of halogens is 1. The van der Waals surface area contributed by atoms with Gasteiger partial charge in [-0.1, -0.05) is 18.7 Å². The number of carboxylic acids is 1. The predicted octanol–water partition coefficient (Wildman–Crippen LogP) is 1.35. The van der Waals surface area contributed by atoms with Crippen molar-refractivity contribution in [1.29, 1.82) is 0 Å². The van der Waals surface area contributed by atoms with Gasteiger partial charge in [-0.15, -0.1) is 12.4 Å². The third kappa shape index (κ3) is 2.81. The molecule has 1 aromatic heterocycles. The van der Waals surface area contributed by atoms with Crippen LogP contribution in [0.15, 0.2) is 16.0 Å². The summed E-state index contributed by atoms with van der Waals surface area (Å²) in [7, 11) is 0. The Hall–Kier alpha value is -1.01. The van der Waals surface area contributed by atoms with Crippen molar-refractivity contribution in [2.24, 2.45) is 0 Å². The molecule has 0 saturated carbocycles. The lowest BCUT2D eigenvalue weighted by atomic mass is 10.2. The molecule has 1 aliphatic rings. The number of aryl methyl sites for hydroxylation is 1. The lowest BCUT2D eigenvalue weighted by Crippen LogP contribution is -2.26. The molecule has 1 atom stereocenters. The van der Waals surface area contributed by atoms with E-state index < -0.39 is 5.97 Å². The van der Waals surface area contributed by atoms with E-state index >= 15 is 0 Å². The fourth-order valence-electron chi connectivity index (χ4n) is 1.73. The van der Waals surface area contributed by atoms with E-state index in [9.17, 15) is 9.59 Å². The maximum atomic E-state index is 11.8. The average Bonchev–Trinajstić information content (AvgIpc) is 2.60. The predicted molar refractivity (Wildman–Crippen MR) is 67.1 cm³/mol. The topological polar surface area (TPSA) is 72.2 Å². The number of carbonyl (C=O) groups is 1. The Labute approximate surface area is 109 Å². The van der Waals surface area contributed by atoms with Crippen LogP contribution >= 0.6 is 24.2 Å². The number of hydrogen-bond acceptors (Lipinski definition) is 4. The number of carboxylic acid groups (broad SMARTS) is 1. The lowest BCUT2D eigenvalue weighted by molar-refractivity contribution is -0.137. The highest BCUT2D eigenvalue weighted by atomic mass is 35.5. The normalized spacial score (nSPS) is 17.4. The highest BCUT2D eigenvalue weighted by molar-refractivity contribution is 7.99. The van der Waals surface area contributed by atoms with Crippen LogP contribution in [0.3, 0.4) is 0 Å². The van der Waals surface area contributed by atoms with Crippen molar-refractivity contribution >= 4 is 30.1 Å². The highest BCUT2D eigenvalue weighted by Gasteiger charge is 2.27. The summed E-state index contributed by atoms with van der Waals surface area (Å²) in [6.07, 6.45) is 0.695. The van der Waals surface area contributed by atoms with Crippen molar-refractivity contribution in [2.75, 3.05) is 5.75 Å². The molecule has 1 N–H and O–H groups in total. The zero-order valence-corrected chi connectivity index (χ0v) is 10.9. The number of fused-ring (bicyclic) bond motifs is 1. The third-order valence-corrected chi connectivity index (χ3v) is 3.61. The van der Waals surface area contributed by atoms with Gasteiger partial charge < -0.3 is 5.11 Å². The van der Waals surface area contributed by atoms with Crippen LogP contribution in [0, 0.1) is 0 Å². The fraction of sp³-hybridized carbons (Fsp3) is 0.500. The zero-order chi connectivity index (χ0) is 11.7. The Kier molecular flexibility index (Phi) is 4.59. The molecule has 5 nitrogen and oxygen atoms in total. The molecule has 2 rings (SSSR count). The summed E-state index contributed by atoms with van der Waals surface area (Å²) < 4.78 is 1.50. The summed E-state index contributed by atoms with van der Waals surface area (Å²) in [5.74, 6) is -0.272. The van der Waals surface area contributed by atoms with Crippen LogP contribution in [0.5, 0.6) is 0 Å². The molecule has 0 aliphatic carbocycles. The molecule has 1 aromatic rings. The Morgan fingerprint density at radius 2 is 2.41 bits per heavy atom. The first-order valence-electron chi connectivity index (χ1n) is 5.09. The monoisotopic (exact) mass is 276 g/mol. The van der Waals surface area contributed by atoms with Crippen molar-refractivity contribution in [2.45, 2.75) is 31.0 Å². The van der Waals surface area contributed by atoms with Crippen molar-refractivity contribution in [3.8, 4) is 0 Å². The maximum Gasteiger partial charge on any atom is 0.305 e. The minimum Gasteiger partial charge on any atom is -0.481 e. The standard InChI is InChI=1S/C10H12N2O3S.ClH/c1-2-6-3-8(13)12-7(4-9(14)15)5-16-10(12)11-6;/h3,7H,2,4-5H2,1H3,(H,14,15);1H. The van der Waals surface area contributed by atoms with Gasteiger partial charge in [-0.2, -0.15) is 0 Å². The summed E-state index contributed by atoms with van der Waals surface area (Å²) >= 11 is 1.45.